The van der Waals surface area contributed by atoms with Gasteiger partial charge >= 0.3 is 11.8 Å². The van der Waals surface area contributed by atoms with Crippen LogP contribution in [-0.2, 0) is 9.47 Å². The number of nitrogens with one attached hydrogen (secondary N) is 2. The number of aliphatic hydroxyl groups is 2. The fraction of sp³-hybridized carbons (Fsp3) is 0.522. The van der Waals surface area contributed by atoms with Gasteiger partial charge in [-0.15, -0.1) is 0 Å². The molecule has 0 aliphatic carbocycles. The summed E-state index contributed by atoms with van der Waals surface area (Å²) in [5.74, 6) is 1.41. The number of para-hydroxylation sites is 1. The van der Waals surface area contributed by atoms with E-state index in [1.54, 1.807) is 18.2 Å². The largest absolute Gasteiger partial charge is 0.489 e. The van der Waals surface area contributed by atoms with Crippen molar-refractivity contribution in [2.24, 2.45) is 5.41 Å². The molecule has 4 N–H and O–H groups in total. The quantitative estimate of drug-likeness (QED) is 0.361. The SMILES string of the molecule is CC(C)(C)COC(=O)NCCOc1cccc2c1Nc1nc(=O)n([C@H]3C[C@@H](O)[C@@H](CO)O3)cc1O2. The van der Waals surface area contributed by atoms with Crippen LogP contribution < -0.4 is 25.8 Å². The Morgan fingerprint density at radius 2 is 2.14 bits per heavy atom. The van der Waals surface area contributed by atoms with E-state index in [4.69, 9.17) is 18.9 Å². The smallest absolute Gasteiger partial charge is 0.407 e. The molecule has 4 rings (SSSR count). The second-order valence-corrected chi connectivity index (χ2v) is 9.53. The number of aromatic nitrogens is 2. The Hall–Kier alpha value is -3.35. The van der Waals surface area contributed by atoms with E-state index in [1.165, 1.54) is 10.8 Å². The lowest BCUT2D eigenvalue weighted by molar-refractivity contribution is -0.0459. The van der Waals surface area contributed by atoms with Crippen LogP contribution in [0.4, 0.5) is 16.3 Å². The predicted octanol–water partition coefficient (Wildman–Crippen LogP) is 1.88. The molecule has 0 bridgehead atoms. The number of carbonyl (C=O) groups is 1. The fourth-order valence-corrected chi connectivity index (χ4v) is 3.60. The lowest BCUT2D eigenvalue weighted by atomic mass is 9.99. The summed E-state index contributed by atoms with van der Waals surface area (Å²) in [5, 5.41) is 25.0. The van der Waals surface area contributed by atoms with E-state index in [-0.39, 0.29) is 37.4 Å². The average molecular weight is 491 g/mol. The summed E-state index contributed by atoms with van der Waals surface area (Å²) >= 11 is 0. The standard InChI is InChI=1S/C23H30N4O8/c1-23(2,3)12-33-22(31)24-7-8-32-14-5-4-6-15-19(14)25-20-16(34-15)10-27(21(30)26-20)18-9-13(29)17(11-28)35-18/h4-6,10,13,17-18,28-29H,7-9,11-12H2,1-3H3,(H,24,31)(H,25,26,30)/t13-,17-,18-/m1/s1. The summed E-state index contributed by atoms with van der Waals surface area (Å²) in [5.41, 5.74) is -0.230. The van der Waals surface area contributed by atoms with Gasteiger partial charge in [-0.25, -0.2) is 9.59 Å². The Balaban J connectivity index is 1.39. The molecule has 3 heterocycles. The van der Waals surface area contributed by atoms with Gasteiger partial charge in [0.15, 0.2) is 17.3 Å². The lowest BCUT2D eigenvalue weighted by Crippen LogP contribution is -2.31. The molecule has 0 radical (unpaired) electrons. The van der Waals surface area contributed by atoms with Crippen molar-refractivity contribution < 1.29 is 34.0 Å². The molecule has 2 aliphatic heterocycles. The summed E-state index contributed by atoms with van der Waals surface area (Å²) < 4.78 is 23.7. The van der Waals surface area contributed by atoms with Gasteiger partial charge in [0.2, 0.25) is 0 Å². The summed E-state index contributed by atoms with van der Waals surface area (Å²) in [6, 6.07) is 5.20. The molecule has 0 spiro atoms. The first-order valence-electron chi connectivity index (χ1n) is 11.3. The van der Waals surface area contributed by atoms with Gasteiger partial charge in [0.1, 0.15) is 30.4 Å². The van der Waals surface area contributed by atoms with Gasteiger partial charge in [-0.05, 0) is 17.5 Å². The molecule has 3 atom stereocenters. The summed E-state index contributed by atoms with van der Waals surface area (Å²) in [7, 11) is 0. The fourth-order valence-electron chi connectivity index (χ4n) is 3.60. The van der Waals surface area contributed by atoms with Crippen molar-refractivity contribution in [2.75, 3.05) is 31.7 Å². The number of aliphatic hydroxyl groups excluding tert-OH is 2. The highest BCUT2D eigenvalue weighted by Crippen LogP contribution is 2.45. The first-order valence-corrected chi connectivity index (χ1v) is 11.3. The molecule has 12 heteroatoms. The van der Waals surface area contributed by atoms with Gasteiger partial charge in [-0.2, -0.15) is 4.98 Å². The Labute approximate surface area is 201 Å². The topological polar surface area (TPSA) is 153 Å². The third-order valence-electron chi connectivity index (χ3n) is 5.33. The highest BCUT2D eigenvalue weighted by atomic mass is 16.6. The van der Waals surface area contributed by atoms with Gasteiger partial charge in [-0.1, -0.05) is 26.8 Å². The van der Waals surface area contributed by atoms with Crippen LogP contribution in [0.15, 0.2) is 29.2 Å². The highest BCUT2D eigenvalue weighted by molar-refractivity contribution is 5.77. The monoisotopic (exact) mass is 490 g/mol. The summed E-state index contributed by atoms with van der Waals surface area (Å²) in [6.07, 6.45) is -1.34. The van der Waals surface area contributed by atoms with Crippen LogP contribution in [-0.4, -0.2) is 64.4 Å². The number of nitrogens with zero attached hydrogens (tertiary/aromatic N) is 2. The van der Waals surface area contributed by atoms with Gasteiger partial charge in [0.05, 0.1) is 32.1 Å². The number of alkyl carbamates (subject to hydrolysis) is 1. The van der Waals surface area contributed by atoms with Gasteiger partial charge < -0.3 is 39.8 Å². The average Bonchev–Trinajstić information content (AvgIpc) is 3.18. The van der Waals surface area contributed by atoms with E-state index in [0.717, 1.165) is 0 Å². The van der Waals surface area contributed by atoms with E-state index in [9.17, 15) is 19.8 Å². The van der Waals surface area contributed by atoms with Crippen LogP contribution in [0, 0.1) is 5.41 Å². The second kappa shape index (κ2) is 10.1. The van der Waals surface area contributed by atoms with Crippen LogP contribution in [0.2, 0.25) is 0 Å². The number of ether oxygens (including phenoxy) is 4. The third-order valence-corrected chi connectivity index (χ3v) is 5.33. The van der Waals surface area contributed by atoms with Crippen LogP contribution in [0.25, 0.3) is 0 Å². The van der Waals surface area contributed by atoms with Gasteiger partial charge in [-0.3, -0.25) is 4.57 Å². The Morgan fingerprint density at radius 3 is 2.86 bits per heavy atom. The minimum absolute atomic E-state index is 0.122. The van der Waals surface area contributed by atoms with Crippen LogP contribution in [0.5, 0.6) is 17.2 Å². The van der Waals surface area contributed by atoms with E-state index in [1.807, 2.05) is 20.8 Å². The molecular weight excluding hydrogens is 460 g/mol. The molecule has 1 saturated heterocycles. The van der Waals surface area contributed by atoms with E-state index in [2.05, 4.69) is 15.6 Å². The number of hydrogen-bond acceptors (Lipinski definition) is 10. The molecule has 0 saturated carbocycles. The van der Waals surface area contributed by atoms with Crippen molar-refractivity contribution in [1.29, 1.82) is 0 Å². The summed E-state index contributed by atoms with van der Waals surface area (Å²) in [6.45, 7) is 6.27. The normalized spacial score (nSPS) is 20.8. The van der Waals surface area contributed by atoms with Crippen molar-refractivity contribution in [3.05, 3.63) is 34.9 Å². The maximum Gasteiger partial charge on any atom is 0.407 e. The first-order chi connectivity index (χ1) is 16.6. The van der Waals surface area contributed by atoms with E-state index >= 15 is 0 Å². The zero-order chi connectivity index (χ0) is 25.2. The minimum atomic E-state index is -0.887. The van der Waals surface area contributed by atoms with Crippen molar-refractivity contribution in [1.82, 2.24) is 14.9 Å². The molecule has 1 aromatic heterocycles. The highest BCUT2D eigenvalue weighted by Gasteiger charge is 2.36. The third kappa shape index (κ3) is 5.84. The van der Waals surface area contributed by atoms with E-state index < -0.39 is 30.2 Å². The molecule has 12 nitrogen and oxygen atoms in total. The Morgan fingerprint density at radius 1 is 1.34 bits per heavy atom. The number of anilines is 2. The predicted molar refractivity (Wildman–Crippen MR) is 124 cm³/mol. The molecule has 1 fully saturated rings. The number of amides is 1. The first kappa shape index (κ1) is 24.8. The van der Waals surface area contributed by atoms with Crippen LogP contribution in [0.3, 0.4) is 0 Å². The van der Waals surface area contributed by atoms with Gasteiger partial charge in [0.25, 0.3) is 0 Å². The summed E-state index contributed by atoms with van der Waals surface area (Å²) in [4.78, 5) is 28.5. The molecular formula is C23H30N4O8. The van der Waals surface area contributed by atoms with E-state index in [0.29, 0.717) is 29.5 Å². The number of fused-ring (bicyclic) bond motifs is 2. The number of carbonyl (C=O) groups excluding carboxylic acids is 1. The number of rotatable bonds is 7. The molecule has 35 heavy (non-hydrogen) atoms. The second-order valence-electron chi connectivity index (χ2n) is 9.53. The Bertz CT molecular complexity index is 1130. The number of benzene rings is 1. The maximum absolute atomic E-state index is 12.6. The maximum atomic E-state index is 12.6. The van der Waals surface area contributed by atoms with Crippen LogP contribution in [0.1, 0.15) is 33.4 Å². The van der Waals surface area contributed by atoms with Crippen molar-refractivity contribution in [2.45, 2.75) is 45.6 Å². The minimum Gasteiger partial charge on any atom is -0.489 e. The molecule has 1 amide bonds. The molecule has 2 aliphatic rings. The molecule has 0 unspecified atom stereocenters. The lowest BCUT2D eigenvalue weighted by Gasteiger charge is -2.24. The Kier molecular flexibility index (Phi) is 7.15. The van der Waals surface area contributed by atoms with Crippen molar-refractivity contribution >= 4 is 17.6 Å². The molecule has 1 aromatic carbocycles. The zero-order valence-corrected chi connectivity index (χ0v) is 19.8. The van der Waals surface area contributed by atoms with Crippen molar-refractivity contribution in [3.8, 4) is 17.2 Å². The molecule has 190 valence electrons. The molecule has 2 aromatic rings. The van der Waals surface area contributed by atoms with Gasteiger partial charge in [0, 0.05) is 6.42 Å². The number of hydrogen-bond donors (Lipinski definition) is 4. The zero-order valence-electron chi connectivity index (χ0n) is 19.8. The van der Waals surface area contributed by atoms with Crippen LogP contribution >= 0.6 is 0 Å². The van der Waals surface area contributed by atoms with Crippen molar-refractivity contribution in [3.63, 3.8) is 0 Å².